The van der Waals surface area contributed by atoms with Crippen molar-refractivity contribution in [2.24, 2.45) is 5.41 Å². The molecule has 8 heteroatoms. The molecule has 1 amide bonds. The number of aliphatic hydroxyl groups is 1. The van der Waals surface area contributed by atoms with E-state index in [9.17, 15) is 19.1 Å². The van der Waals surface area contributed by atoms with Gasteiger partial charge >= 0.3 is 0 Å². The molecule has 4 rings (SSSR count). The first-order chi connectivity index (χ1) is 15.3. The lowest BCUT2D eigenvalue weighted by atomic mass is 9.83. The van der Waals surface area contributed by atoms with Crippen LogP contribution in [0.15, 0.2) is 27.9 Å². The fourth-order valence-electron chi connectivity index (χ4n) is 4.53. The van der Waals surface area contributed by atoms with E-state index in [1.807, 2.05) is 47.6 Å². The van der Waals surface area contributed by atoms with Crippen molar-refractivity contribution in [3.8, 4) is 0 Å². The van der Waals surface area contributed by atoms with E-state index >= 15 is 0 Å². The smallest absolute Gasteiger partial charge is 0.254 e. The number of halogens is 1. The minimum atomic E-state index is -1.37. The molecule has 3 atom stereocenters. The lowest BCUT2D eigenvalue weighted by molar-refractivity contribution is -0.124. The molecule has 2 heterocycles. The van der Waals surface area contributed by atoms with Crippen molar-refractivity contribution in [1.29, 1.82) is 0 Å². The van der Waals surface area contributed by atoms with Gasteiger partial charge in [-0.1, -0.05) is 20.8 Å². The fraction of sp³-hybridized carbons (Fsp3) is 0.440. The number of anilines is 1. The summed E-state index contributed by atoms with van der Waals surface area (Å²) in [5, 5.41) is 19.3. The summed E-state index contributed by atoms with van der Waals surface area (Å²) in [6.07, 6.45) is -1.37. The zero-order valence-corrected chi connectivity index (χ0v) is 19.9. The zero-order valence-electron chi connectivity index (χ0n) is 19.9. The summed E-state index contributed by atoms with van der Waals surface area (Å²) in [4.78, 5) is 25.1. The molecule has 1 aliphatic heterocycles. The molecule has 0 spiro atoms. The van der Waals surface area contributed by atoms with Gasteiger partial charge in [0.2, 0.25) is 5.78 Å². The first-order valence-electron chi connectivity index (χ1n) is 11.0. The molecule has 2 aromatic rings. The molecular formula is C25H30FN3O4. The Morgan fingerprint density at radius 1 is 1.15 bits per heavy atom. The number of rotatable bonds is 5. The molecule has 7 nitrogen and oxygen atoms in total. The normalized spacial score (nSPS) is 21.0. The number of nitrogens with one attached hydrogen (secondary N) is 3. The molecule has 1 aromatic heterocycles. The molecule has 0 bridgehead atoms. The minimum absolute atomic E-state index is 0.0362. The molecule has 0 fully saturated rings. The molecule has 33 heavy (non-hydrogen) atoms. The van der Waals surface area contributed by atoms with Gasteiger partial charge in [0.25, 0.3) is 5.91 Å². The van der Waals surface area contributed by atoms with Gasteiger partial charge in [0, 0.05) is 0 Å². The summed E-state index contributed by atoms with van der Waals surface area (Å²) in [5.41, 5.74) is 2.41. The zero-order chi connectivity index (χ0) is 24.4. The van der Waals surface area contributed by atoms with Crippen molar-refractivity contribution >= 4 is 17.4 Å². The predicted molar refractivity (Wildman–Crippen MR) is 122 cm³/mol. The van der Waals surface area contributed by atoms with Gasteiger partial charge in [0.15, 0.2) is 6.10 Å². The highest BCUT2D eigenvalue weighted by atomic mass is 19.1. The van der Waals surface area contributed by atoms with Crippen molar-refractivity contribution in [2.75, 3.05) is 5.32 Å². The van der Waals surface area contributed by atoms with Gasteiger partial charge in [-0.05, 0) is 61.9 Å². The highest BCUT2D eigenvalue weighted by Crippen LogP contribution is 2.40. The number of Topliss-reactive ketones (excluding diaryl/α,β-unsaturated/α-hetero) is 1. The molecule has 2 aliphatic rings. The number of hydrogen-bond donors (Lipinski definition) is 4. The predicted octanol–water partition coefficient (Wildman–Crippen LogP) is 4.09. The van der Waals surface area contributed by atoms with Gasteiger partial charge in [0.05, 0.1) is 29.0 Å². The Kier molecular flexibility index (Phi) is 5.40. The van der Waals surface area contributed by atoms with Crippen LogP contribution in [0.2, 0.25) is 0 Å². The average Bonchev–Trinajstić information content (AvgIpc) is 3.19. The summed E-state index contributed by atoms with van der Waals surface area (Å²) in [6, 6.07) is 2.64. The maximum Gasteiger partial charge on any atom is 0.254 e. The number of aliphatic hydroxyl groups excluding tert-OH is 1. The topological polar surface area (TPSA) is 104 Å². The maximum absolute atomic E-state index is 15.0. The molecule has 0 radical (unpaired) electrons. The summed E-state index contributed by atoms with van der Waals surface area (Å²) >= 11 is 0. The van der Waals surface area contributed by atoms with Crippen molar-refractivity contribution < 1.29 is 23.5 Å². The first-order valence-corrected chi connectivity index (χ1v) is 11.0. The number of benzene rings is 1. The number of hydrogen-bond acceptors (Lipinski definition) is 6. The van der Waals surface area contributed by atoms with Gasteiger partial charge in [-0.3, -0.25) is 9.59 Å². The average molecular weight is 456 g/mol. The third kappa shape index (κ3) is 3.72. The third-order valence-corrected chi connectivity index (χ3v) is 6.46. The van der Waals surface area contributed by atoms with Gasteiger partial charge in [-0.15, -0.1) is 0 Å². The second-order valence-electron chi connectivity index (χ2n) is 10.0. The second-order valence-corrected chi connectivity index (χ2v) is 10.0. The molecule has 0 saturated heterocycles. The second kappa shape index (κ2) is 7.73. The highest BCUT2D eigenvalue weighted by molar-refractivity contribution is 6.12. The van der Waals surface area contributed by atoms with E-state index in [1.165, 1.54) is 6.07 Å². The number of aryl methyl sites for hydroxylation is 3. The van der Waals surface area contributed by atoms with Crippen molar-refractivity contribution in [1.82, 2.24) is 10.6 Å². The Morgan fingerprint density at radius 2 is 1.82 bits per heavy atom. The number of furan rings is 1. The quantitative estimate of drug-likeness (QED) is 0.541. The number of amides is 1. The molecule has 4 N–H and O–H groups in total. The molecule has 1 aromatic carbocycles. The Bertz CT molecular complexity index is 1190. The van der Waals surface area contributed by atoms with Crippen LogP contribution in [0, 0.1) is 32.0 Å². The van der Waals surface area contributed by atoms with Crippen LogP contribution < -0.4 is 16.0 Å². The van der Waals surface area contributed by atoms with E-state index in [4.69, 9.17) is 4.42 Å². The first kappa shape index (κ1) is 23.0. The Labute approximate surface area is 192 Å². The van der Waals surface area contributed by atoms with E-state index in [-0.39, 0.29) is 40.1 Å². The lowest BCUT2D eigenvalue weighted by Gasteiger charge is -2.37. The van der Waals surface area contributed by atoms with Crippen LogP contribution in [0.25, 0.3) is 0 Å². The van der Waals surface area contributed by atoms with E-state index < -0.39 is 23.6 Å². The van der Waals surface area contributed by atoms with Crippen LogP contribution in [0.3, 0.4) is 0 Å². The van der Waals surface area contributed by atoms with Crippen LogP contribution in [0.1, 0.15) is 78.3 Å². The van der Waals surface area contributed by atoms with Crippen LogP contribution in [-0.2, 0) is 4.79 Å². The number of ketones is 1. The Morgan fingerprint density at radius 3 is 2.39 bits per heavy atom. The summed E-state index contributed by atoms with van der Waals surface area (Å²) in [7, 11) is 0. The minimum Gasteiger partial charge on any atom is -0.464 e. The maximum atomic E-state index is 15.0. The molecular weight excluding hydrogens is 425 g/mol. The molecule has 1 unspecified atom stereocenters. The van der Waals surface area contributed by atoms with E-state index in [1.54, 1.807) is 6.92 Å². The van der Waals surface area contributed by atoms with Crippen molar-refractivity contribution in [3.05, 3.63) is 63.1 Å². The Balaban J connectivity index is 1.75. The van der Waals surface area contributed by atoms with Crippen LogP contribution in [0.5, 0.6) is 0 Å². The standard InChI is InChI=1S/C25H30FN3O4/c1-10-9-15(33-13(10)4)23(25(5,6)7)29-20-19(21(30)22(20)31)28-18-14(26)8-11(2)16-12(3)27-24(32)17(16)18/h8-9,12,22-23,28-29,31H,1-7H3,(H,27,32)/t12-,22?,23-/m0/s1. The van der Waals surface area contributed by atoms with Gasteiger partial charge in [0.1, 0.15) is 23.0 Å². The SMILES string of the molecule is Cc1cc([C@H](NC2=C(Nc3c(F)cc(C)c4c3C(=O)N[C@H]4C)C(=O)C2O)C(C)(C)C)oc1C. The van der Waals surface area contributed by atoms with E-state index in [0.717, 1.165) is 11.3 Å². The van der Waals surface area contributed by atoms with Crippen LogP contribution in [-0.4, -0.2) is 22.9 Å². The fourth-order valence-corrected chi connectivity index (χ4v) is 4.53. The summed E-state index contributed by atoms with van der Waals surface area (Å²) in [6.45, 7) is 13.4. The number of fused-ring (bicyclic) bond motifs is 1. The van der Waals surface area contributed by atoms with E-state index in [2.05, 4.69) is 16.0 Å². The van der Waals surface area contributed by atoms with Crippen molar-refractivity contribution in [2.45, 2.75) is 66.7 Å². The van der Waals surface area contributed by atoms with Gasteiger partial charge in [-0.2, -0.15) is 0 Å². The monoisotopic (exact) mass is 455 g/mol. The summed E-state index contributed by atoms with van der Waals surface area (Å²) < 4.78 is 20.9. The lowest BCUT2D eigenvalue weighted by Crippen LogP contribution is -2.48. The third-order valence-electron chi connectivity index (χ3n) is 6.46. The van der Waals surface area contributed by atoms with E-state index in [0.29, 0.717) is 16.9 Å². The van der Waals surface area contributed by atoms with Gasteiger partial charge in [-0.25, -0.2) is 4.39 Å². The van der Waals surface area contributed by atoms with Crippen molar-refractivity contribution in [3.63, 3.8) is 0 Å². The molecule has 1 aliphatic carbocycles. The highest BCUT2D eigenvalue weighted by Gasteiger charge is 2.43. The Hall–Kier alpha value is -3.13. The van der Waals surface area contributed by atoms with Gasteiger partial charge < -0.3 is 25.5 Å². The largest absolute Gasteiger partial charge is 0.464 e. The molecule has 0 saturated carbocycles. The number of carbonyl (C=O) groups is 2. The molecule has 176 valence electrons. The number of carbonyl (C=O) groups excluding carboxylic acids is 2. The summed E-state index contributed by atoms with van der Waals surface area (Å²) in [5.74, 6) is -0.153. The van der Waals surface area contributed by atoms with Crippen LogP contribution in [0.4, 0.5) is 10.1 Å². The van der Waals surface area contributed by atoms with Crippen LogP contribution >= 0.6 is 0 Å².